The number of aryl methyl sites for hydroxylation is 2. The normalized spacial score (nSPS) is 11.8. The molecule has 0 saturated heterocycles. The summed E-state index contributed by atoms with van der Waals surface area (Å²) in [6.45, 7) is 3.71. The van der Waals surface area contributed by atoms with Crippen LogP contribution in [0.3, 0.4) is 0 Å². The van der Waals surface area contributed by atoms with Gasteiger partial charge in [0, 0.05) is 18.9 Å². The quantitative estimate of drug-likeness (QED) is 0.673. The van der Waals surface area contributed by atoms with Gasteiger partial charge in [0.05, 0.1) is 18.4 Å². The van der Waals surface area contributed by atoms with Crippen LogP contribution in [0, 0.1) is 0 Å². The predicted molar refractivity (Wildman–Crippen MR) is 88.5 cm³/mol. The van der Waals surface area contributed by atoms with E-state index in [-0.39, 0.29) is 0 Å². The van der Waals surface area contributed by atoms with Crippen molar-refractivity contribution in [1.82, 2.24) is 30.0 Å². The minimum Gasteiger partial charge on any atom is -0.253 e. The van der Waals surface area contributed by atoms with E-state index in [9.17, 15) is 0 Å². The molecule has 6 heteroatoms. The average molecular weight is 308 g/mol. The molecule has 118 valence electrons. The first kappa shape index (κ1) is 15.1. The largest absolute Gasteiger partial charge is 0.253 e. The van der Waals surface area contributed by atoms with E-state index in [1.807, 2.05) is 40.0 Å². The molecule has 0 aliphatic carbocycles. The van der Waals surface area contributed by atoms with Gasteiger partial charge in [-0.2, -0.15) is 0 Å². The van der Waals surface area contributed by atoms with E-state index in [0.717, 1.165) is 31.6 Å². The monoisotopic (exact) mass is 308 g/mol. The van der Waals surface area contributed by atoms with Crippen LogP contribution in [0.2, 0.25) is 0 Å². The minimum atomic E-state index is 0.755. The summed E-state index contributed by atoms with van der Waals surface area (Å²) < 4.78 is 3.72. The van der Waals surface area contributed by atoms with Gasteiger partial charge in [-0.25, -0.2) is 4.68 Å². The third-order valence-corrected chi connectivity index (χ3v) is 3.50. The standard InChI is InChI=1S/C17H20N6/c1-15(12-16-6-3-2-4-7-16)13-23-14-17(19-21-23)8-5-10-22-11-9-18-20-22/h2-4,6-7,9,11-12,14H,5,8,10,13H2,1H3/b15-12+. The van der Waals surface area contributed by atoms with Gasteiger partial charge in [0.15, 0.2) is 0 Å². The molecule has 23 heavy (non-hydrogen) atoms. The van der Waals surface area contributed by atoms with E-state index >= 15 is 0 Å². The summed E-state index contributed by atoms with van der Waals surface area (Å²) in [6, 6.07) is 10.3. The summed E-state index contributed by atoms with van der Waals surface area (Å²) in [7, 11) is 0. The Bertz CT molecular complexity index is 743. The molecule has 0 amide bonds. The molecule has 0 aliphatic rings. The number of allylic oxidation sites excluding steroid dienone is 1. The van der Waals surface area contributed by atoms with Crippen molar-refractivity contribution in [2.75, 3.05) is 0 Å². The summed E-state index contributed by atoms with van der Waals surface area (Å²) >= 11 is 0. The topological polar surface area (TPSA) is 61.4 Å². The van der Waals surface area contributed by atoms with E-state index in [1.165, 1.54) is 11.1 Å². The van der Waals surface area contributed by atoms with Crippen molar-refractivity contribution in [2.45, 2.75) is 32.9 Å². The van der Waals surface area contributed by atoms with Gasteiger partial charge in [0.1, 0.15) is 0 Å². The first-order valence-electron chi connectivity index (χ1n) is 7.75. The second kappa shape index (κ2) is 7.49. The molecule has 0 fully saturated rings. The number of aromatic nitrogens is 6. The van der Waals surface area contributed by atoms with Gasteiger partial charge in [0.2, 0.25) is 0 Å². The van der Waals surface area contributed by atoms with E-state index in [2.05, 4.69) is 45.8 Å². The summed E-state index contributed by atoms with van der Waals surface area (Å²) in [6.07, 6.45) is 9.62. The van der Waals surface area contributed by atoms with Gasteiger partial charge in [-0.15, -0.1) is 10.2 Å². The van der Waals surface area contributed by atoms with Gasteiger partial charge in [-0.3, -0.25) is 4.68 Å². The fraction of sp³-hybridized carbons (Fsp3) is 0.294. The SMILES string of the molecule is C/C(=C\c1ccccc1)Cn1cc(CCCn2ccnn2)nn1. The Hall–Kier alpha value is -2.76. The Morgan fingerprint density at radius 1 is 1.13 bits per heavy atom. The molecule has 0 aliphatic heterocycles. The van der Waals surface area contributed by atoms with Crippen LogP contribution in [0.5, 0.6) is 0 Å². The van der Waals surface area contributed by atoms with Gasteiger partial charge in [-0.1, -0.05) is 52.4 Å². The molecule has 6 nitrogen and oxygen atoms in total. The zero-order chi connectivity index (χ0) is 15.9. The van der Waals surface area contributed by atoms with Crippen molar-refractivity contribution in [3.63, 3.8) is 0 Å². The van der Waals surface area contributed by atoms with Crippen LogP contribution in [0.4, 0.5) is 0 Å². The number of hydrogen-bond acceptors (Lipinski definition) is 4. The molecule has 1 aromatic carbocycles. The van der Waals surface area contributed by atoms with E-state index in [4.69, 9.17) is 0 Å². The third kappa shape index (κ3) is 4.60. The van der Waals surface area contributed by atoms with Crippen LogP contribution in [-0.4, -0.2) is 30.0 Å². The first-order chi connectivity index (χ1) is 11.3. The summed E-state index contributed by atoms with van der Waals surface area (Å²) in [5.41, 5.74) is 3.46. The Balaban J connectivity index is 1.51. The van der Waals surface area contributed by atoms with Gasteiger partial charge >= 0.3 is 0 Å². The van der Waals surface area contributed by atoms with E-state index < -0.39 is 0 Å². The second-order valence-corrected chi connectivity index (χ2v) is 5.58. The molecule has 3 rings (SSSR count). The van der Waals surface area contributed by atoms with Crippen LogP contribution < -0.4 is 0 Å². The molecule has 0 saturated carbocycles. The lowest BCUT2D eigenvalue weighted by Gasteiger charge is -2.01. The Morgan fingerprint density at radius 3 is 2.78 bits per heavy atom. The molecule has 0 radical (unpaired) electrons. The maximum Gasteiger partial charge on any atom is 0.0827 e. The summed E-state index contributed by atoms with van der Waals surface area (Å²) in [5, 5.41) is 16.2. The Labute approximate surface area is 135 Å². The fourth-order valence-corrected chi connectivity index (χ4v) is 2.44. The maximum atomic E-state index is 4.24. The van der Waals surface area contributed by atoms with Crippen LogP contribution in [0.15, 0.2) is 54.5 Å². The molecule has 3 aromatic rings. The molecule has 0 unspecified atom stereocenters. The van der Waals surface area contributed by atoms with Crippen LogP contribution in [0.1, 0.15) is 24.6 Å². The van der Waals surface area contributed by atoms with E-state index in [1.54, 1.807) is 6.20 Å². The maximum absolute atomic E-state index is 4.24. The van der Waals surface area contributed by atoms with E-state index in [0.29, 0.717) is 0 Å². The van der Waals surface area contributed by atoms with Crippen molar-refractivity contribution in [3.8, 4) is 0 Å². The summed E-state index contributed by atoms with van der Waals surface area (Å²) in [5.74, 6) is 0. The highest BCUT2D eigenvalue weighted by molar-refractivity contribution is 5.51. The number of benzene rings is 1. The summed E-state index contributed by atoms with van der Waals surface area (Å²) in [4.78, 5) is 0. The van der Waals surface area contributed by atoms with Gasteiger partial charge in [0.25, 0.3) is 0 Å². The van der Waals surface area contributed by atoms with Crippen LogP contribution >= 0.6 is 0 Å². The second-order valence-electron chi connectivity index (χ2n) is 5.58. The highest BCUT2D eigenvalue weighted by Crippen LogP contribution is 2.08. The van der Waals surface area contributed by atoms with Crippen LogP contribution in [-0.2, 0) is 19.5 Å². The van der Waals surface area contributed by atoms with Gasteiger partial charge in [-0.05, 0) is 25.3 Å². The molecule has 0 atom stereocenters. The molecular weight excluding hydrogens is 288 g/mol. The molecule has 2 heterocycles. The number of hydrogen-bond donors (Lipinski definition) is 0. The zero-order valence-electron chi connectivity index (χ0n) is 13.2. The Morgan fingerprint density at radius 2 is 2.00 bits per heavy atom. The van der Waals surface area contributed by atoms with Crippen molar-refractivity contribution in [2.24, 2.45) is 0 Å². The van der Waals surface area contributed by atoms with Crippen molar-refractivity contribution < 1.29 is 0 Å². The lowest BCUT2D eigenvalue weighted by atomic mass is 10.1. The molecule has 0 spiro atoms. The van der Waals surface area contributed by atoms with Gasteiger partial charge < -0.3 is 0 Å². The zero-order valence-corrected chi connectivity index (χ0v) is 13.2. The lowest BCUT2D eigenvalue weighted by Crippen LogP contribution is -2.01. The fourth-order valence-electron chi connectivity index (χ4n) is 2.44. The Kier molecular flexibility index (Phi) is 4.93. The minimum absolute atomic E-state index is 0.755. The smallest absolute Gasteiger partial charge is 0.0827 e. The average Bonchev–Trinajstić information content (AvgIpc) is 3.20. The lowest BCUT2D eigenvalue weighted by molar-refractivity contribution is 0.555. The van der Waals surface area contributed by atoms with Crippen molar-refractivity contribution in [1.29, 1.82) is 0 Å². The highest BCUT2D eigenvalue weighted by Gasteiger charge is 2.02. The first-order valence-corrected chi connectivity index (χ1v) is 7.75. The highest BCUT2D eigenvalue weighted by atomic mass is 15.4. The molecule has 0 bridgehead atoms. The van der Waals surface area contributed by atoms with Crippen molar-refractivity contribution >= 4 is 6.08 Å². The third-order valence-electron chi connectivity index (χ3n) is 3.50. The van der Waals surface area contributed by atoms with Crippen molar-refractivity contribution in [3.05, 3.63) is 65.8 Å². The predicted octanol–water partition coefficient (Wildman–Crippen LogP) is 2.61. The molecular formula is C17H20N6. The molecule has 2 aromatic heterocycles. The number of rotatable bonds is 7. The number of nitrogens with zero attached hydrogens (tertiary/aromatic N) is 6. The molecule has 0 N–H and O–H groups in total. The van der Waals surface area contributed by atoms with Crippen LogP contribution in [0.25, 0.3) is 6.08 Å².